The summed E-state index contributed by atoms with van der Waals surface area (Å²) in [5.74, 6) is 1.96. The van der Waals surface area contributed by atoms with Gasteiger partial charge in [-0.05, 0) is 60.0 Å². The average Bonchev–Trinajstić information content (AvgIpc) is 2.50. The second-order valence-electron chi connectivity index (χ2n) is 4.72. The highest BCUT2D eigenvalue weighted by molar-refractivity contribution is 7.27. The Hall–Kier alpha value is -1.53. The van der Waals surface area contributed by atoms with Crippen molar-refractivity contribution < 1.29 is 9.84 Å². The molecule has 0 amide bonds. The molecule has 1 aliphatic heterocycles. The molecule has 1 aliphatic rings. The molecule has 3 heteroatoms. The van der Waals surface area contributed by atoms with Gasteiger partial charge in [0.2, 0.25) is 0 Å². The topological polar surface area (TPSA) is 29.5 Å². The molecule has 0 saturated carbocycles. The molecule has 0 spiro atoms. The van der Waals surface area contributed by atoms with E-state index in [0.29, 0.717) is 5.75 Å². The molecule has 2 aromatic carbocycles. The molecule has 1 heterocycles. The van der Waals surface area contributed by atoms with Crippen LogP contribution in [0.4, 0.5) is 0 Å². The third-order valence-corrected chi connectivity index (χ3v) is 3.71. The van der Waals surface area contributed by atoms with Crippen LogP contribution in [-0.2, 0) is 12.8 Å². The molecule has 0 aromatic heterocycles. The molecule has 92 valence electrons. The van der Waals surface area contributed by atoms with E-state index >= 15 is 0 Å². The van der Waals surface area contributed by atoms with Crippen LogP contribution in [0.25, 0.3) is 0 Å². The van der Waals surface area contributed by atoms with Crippen molar-refractivity contribution in [2.75, 3.05) is 0 Å². The highest BCUT2D eigenvalue weighted by Crippen LogP contribution is 2.36. The van der Waals surface area contributed by atoms with Crippen LogP contribution >= 0.6 is 9.24 Å². The average molecular weight is 258 g/mol. The number of phenolic OH excluding ortho intramolecular Hbond substituents is 1. The Morgan fingerprint density at radius 3 is 2.56 bits per heavy atom. The highest BCUT2D eigenvalue weighted by Gasteiger charge is 2.16. The quantitative estimate of drug-likeness (QED) is 0.736. The van der Waals surface area contributed by atoms with E-state index in [0.717, 1.165) is 35.5 Å². The largest absolute Gasteiger partial charge is 0.508 e. The summed E-state index contributed by atoms with van der Waals surface area (Å²) in [5.41, 5.74) is 3.28. The standard InChI is InChI=1S/C15H15O2P/c1-9-6-10-2-3-11-7-12(18)4-5-14(11)17-15(10)8-13(9)16/h4-8,16H,2-3,18H2,1H3. The Kier molecular flexibility index (Phi) is 2.76. The first-order chi connectivity index (χ1) is 8.63. The van der Waals surface area contributed by atoms with Gasteiger partial charge in [-0.25, -0.2) is 0 Å². The van der Waals surface area contributed by atoms with Gasteiger partial charge in [-0.3, -0.25) is 0 Å². The van der Waals surface area contributed by atoms with Crippen molar-refractivity contribution in [2.24, 2.45) is 0 Å². The lowest BCUT2D eigenvalue weighted by molar-refractivity contribution is 0.450. The number of ether oxygens (including phenoxy) is 1. The number of fused-ring (bicyclic) bond motifs is 2. The van der Waals surface area contributed by atoms with E-state index in [1.54, 1.807) is 6.07 Å². The van der Waals surface area contributed by atoms with Crippen molar-refractivity contribution in [2.45, 2.75) is 19.8 Å². The van der Waals surface area contributed by atoms with Crippen molar-refractivity contribution in [1.29, 1.82) is 0 Å². The summed E-state index contributed by atoms with van der Waals surface area (Å²) in [5, 5.41) is 10.9. The second-order valence-corrected chi connectivity index (χ2v) is 5.38. The minimum atomic E-state index is 0.292. The fraction of sp³-hybridized carbons (Fsp3) is 0.200. The number of aryl methyl sites for hydroxylation is 3. The molecule has 1 atom stereocenters. The lowest BCUT2D eigenvalue weighted by Gasteiger charge is -2.10. The Morgan fingerprint density at radius 1 is 1.06 bits per heavy atom. The predicted molar refractivity (Wildman–Crippen MR) is 76.1 cm³/mol. The molecule has 0 aliphatic carbocycles. The fourth-order valence-corrected chi connectivity index (χ4v) is 2.61. The van der Waals surface area contributed by atoms with Gasteiger partial charge in [0.25, 0.3) is 0 Å². The molecular weight excluding hydrogens is 243 g/mol. The second kappa shape index (κ2) is 4.29. The summed E-state index contributed by atoms with van der Waals surface area (Å²) >= 11 is 0. The summed E-state index contributed by atoms with van der Waals surface area (Å²) in [6, 6.07) is 9.87. The smallest absolute Gasteiger partial charge is 0.134 e. The van der Waals surface area contributed by atoms with E-state index in [1.807, 2.05) is 25.1 Å². The van der Waals surface area contributed by atoms with E-state index in [2.05, 4.69) is 15.3 Å². The van der Waals surface area contributed by atoms with Gasteiger partial charge in [-0.2, -0.15) is 0 Å². The molecule has 3 rings (SSSR count). The Bertz CT molecular complexity index is 620. The van der Waals surface area contributed by atoms with Gasteiger partial charge < -0.3 is 9.84 Å². The van der Waals surface area contributed by atoms with Crippen molar-refractivity contribution in [3.63, 3.8) is 0 Å². The minimum Gasteiger partial charge on any atom is -0.508 e. The Labute approximate surface area is 109 Å². The van der Waals surface area contributed by atoms with E-state index in [-0.39, 0.29) is 0 Å². The lowest BCUT2D eigenvalue weighted by Crippen LogP contribution is -1.96. The molecule has 1 N–H and O–H groups in total. The molecule has 0 bridgehead atoms. The third-order valence-electron chi connectivity index (χ3n) is 3.35. The van der Waals surface area contributed by atoms with Gasteiger partial charge in [-0.15, -0.1) is 9.24 Å². The van der Waals surface area contributed by atoms with Gasteiger partial charge in [0.15, 0.2) is 0 Å². The monoisotopic (exact) mass is 258 g/mol. The van der Waals surface area contributed by atoms with Crippen LogP contribution in [0.1, 0.15) is 16.7 Å². The number of phenols is 1. The van der Waals surface area contributed by atoms with Crippen molar-refractivity contribution in [1.82, 2.24) is 0 Å². The van der Waals surface area contributed by atoms with E-state index in [1.165, 1.54) is 10.9 Å². The van der Waals surface area contributed by atoms with Gasteiger partial charge in [0.05, 0.1) is 0 Å². The van der Waals surface area contributed by atoms with Gasteiger partial charge in [0.1, 0.15) is 17.2 Å². The molecule has 0 saturated heterocycles. The van der Waals surface area contributed by atoms with Gasteiger partial charge in [0, 0.05) is 6.07 Å². The van der Waals surface area contributed by atoms with Crippen LogP contribution in [0.5, 0.6) is 17.2 Å². The molecule has 0 radical (unpaired) electrons. The zero-order chi connectivity index (χ0) is 12.7. The van der Waals surface area contributed by atoms with Crippen LogP contribution in [-0.4, -0.2) is 5.11 Å². The van der Waals surface area contributed by atoms with Crippen molar-refractivity contribution >= 4 is 14.5 Å². The maximum atomic E-state index is 9.78. The summed E-state index contributed by atoms with van der Waals surface area (Å²) < 4.78 is 5.92. The molecule has 2 nitrogen and oxygen atoms in total. The normalized spacial score (nSPS) is 13.2. The van der Waals surface area contributed by atoms with Crippen LogP contribution in [0.2, 0.25) is 0 Å². The van der Waals surface area contributed by atoms with E-state index in [4.69, 9.17) is 4.74 Å². The SMILES string of the molecule is Cc1cc2c(cc1O)Oc1ccc(P)cc1CC2. The van der Waals surface area contributed by atoms with Crippen LogP contribution in [0, 0.1) is 6.92 Å². The molecule has 1 unspecified atom stereocenters. The van der Waals surface area contributed by atoms with E-state index in [9.17, 15) is 5.11 Å². The first-order valence-corrected chi connectivity index (χ1v) is 6.60. The number of rotatable bonds is 0. The number of aromatic hydroxyl groups is 1. The Morgan fingerprint density at radius 2 is 1.78 bits per heavy atom. The fourth-order valence-electron chi connectivity index (χ4n) is 2.31. The number of hydrogen-bond donors (Lipinski definition) is 1. The zero-order valence-electron chi connectivity index (χ0n) is 10.2. The molecule has 18 heavy (non-hydrogen) atoms. The van der Waals surface area contributed by atoms with Crippen LogP contribution in [0.3, 0.4) is 0 Å². The van der Waals surface area contributed by atoms with E-state index < -0.39 is 0 Å². The first kappa shape index (κ1) is 11.6. The number of benzene rings is 2. The molecule has 2 aromatic rings. The maximum Gasteiger partial charge on any atom is 0.134 e. The van der Waals surface area contributed by atoms with Gasteiger partial charge in [-0.1, -0.05) is 6.07 Å². The first-order valence-electron chi connectivity index (χ1n) is 6.02. The van der Waals surface area contributed by atoms with Crippen LogP contribution < -0.4 is 10.0 Å². The van der Waals surface area contributed by atoms with Crippen LogP contribution in [0.15, 0.2) is 30.3 Å². The molecule has 0 fully saturated rings. The number of hydrogen-bond acceptors (Lipinski definition) is 2. The van der Waals surface area contributed by atoms with Crippen molar-refractivity contribution in [3.8, 4) is 17.2 Å². The third kappa shape index (κ3) is 1.97. The summed E-state index contributed by atoms with van der Waals surface area (Å²) in [4.78, 5) is 0. The highest BCUT2D eigenvalue weighted by atomic mass is 31.0. The minimum absolute atomic E-state index is 0.292. The lowest BCUT2D eigenvalue weighted by atomic mass is 10.0. The summed E-state index contributed by atoms with van der Waals surface area (Å²) in [6.07, 6.45) is 1.91. The molecular formula is C15H15O2P. The maximum absolute atomic E-state index is 9.78. The van der Waals surface area contributed by atoms with Gasteiger partial charge >= 0.3 is 0 Å². The Balaban J connectivity index is 2.09. The summed E-state index contributed by atoms with van der Waals surface area (Å²) in [7, 11) is 2.71. The van der Waals surface area contributed by atoms with Crippen molar-refractivity contribution in [3.05, 3.63) is 47.0 Å². The predicted octanol–water partition coefficient (Wildman–Crippen LogP) is 3.09. The zero-order valence-corrected chi connectivity index (χ0v) is 11.4. The summed E-state index contributed by atoms with van der Waals surface area (Å²) in [6.45, 7) is 1.91.